The molecule has 5 nitrogen and oxygen atoms in total. The maximum absolute atomic E-state index is 11.2. The van der Waals surface area contributed by atoms with Gasteiger partial charge in [-0.05, 0) is 48.2 Å². The Balaban J connectivity index is 1.64. The second-order valence-corrected chi connectivity index (χ2v) is 6.07. The first-order valence-electron chi connectivity index (χ1n) is 8.07. The lowest BCUT2D eigenvalue weighted by molar-refractivity contribution is 0.414. The van der Waals surface area contributed by atoms with Gasteiger partial charge in [0.1, 0.15) is 5.75 Å². The monoisotopic (exact) mass is 326 g/mol. The highest BCUT2D eigenvalue weighted by Gasteiger charge is 2.11. The number of hydrogen-bond acceptors (Lipinski definition) is 4. The lowest BCUT2D eigenvalue weighted by atomic mass is 10.00. The molecular formula is C19H22N2O3. The van der Waals surface area contributed by atoms with E-state index in [-0.39, 0.29) is 6.04 Å². The van der Waals surface area contributed by atoms with E-state index in [2.05, 4.69) is 36.3 Å². The van der Waals surface area contributed by atoms with E-state index in [0.717, 1.165) is 23.4 Å². The smallest absolute Gasteiger partial charge is 0.417 e. The minimum absolute atomic E-state index is 0.162. The number of hydrogen-bond donors (Lipinski definition) is 2. The van der Waals surface area contributed by atoms with Gasteiger partial charge in [0.05, 0.1) is 12.6 Å². The van der Waals surface area contributed by atoms with Crippen LogP contribution in [0, 0.1) is 0 Å². The summed E-state index contributed by atoms with van der Waals surface area (Å²) in [4.78, 5) is 13.9. The highest BCUT2D eigenvalue weighted by molar-refractivity contribution is 5.72. The van der Waals surface area contributed by atoms with Crippen molar-refractivity contribution in [1.29, 1.82) is 0 Å². The molecule has 2 aromatic carbocycles. The number of aromatic nitrogens is 1. The zero-order chi connectivity index (χ0) is 17.1. The average molecular weight is 326 g/mol. The Labute approximate surface area is 140 Å². The molecule has 0 spiro atoms. The normalized spacial score (nSPS) is 13.8. The van der Waals surface area contributed by atoms with Gasteiger partial charge in [-0.15, -0.1) is 0 Å². The summed E-state index contributed by atoms with van der Waals surface area (Å²) in [6.07, 6.45) is 0. The van der Waals surface area contributed by atoms with Crippen molar-refractivity contribution >= 4 is 11.1 Å². The Kier molecular flexibility index (Phi) is 4.71. The zero-order valence-corrected chi connectivity index (χ0v) is 14.1. The van der Waals surface area contributed by atoms with Crippen LogP contribution >= 0.6 is 0 Å². The largest absolute Gasteiger partial charge is 0.497 e. The summed E-state index contributed by atoms with van der Waals surface area (Å²) in [7, 11) is 1.67. The second-order valence-electron chi connectivity index (χ2n) is 6.07. The van der Waals surface area contributed by atoms with Gasteiger partial charge in [-0.25, -0.2) is 4.79 Å². The van der Waals surface area contributed by atoms with Crippen molar-refractivity contribution in [3.63, 3.8) is 0 Å². The molecule has 1 aromatic heterocycles. The first kappa shape index (κ1) is 16.3. The molecule has 3 rings (SSSR count). The van der Waals surface area contributed by atoms with Gasteiger partial charge in [0.2, 0.25) is 0 Å². The fraction of sp³-hybridized carbons (Fsp3) is 0.316. The molecule has 0 saturated carbocycles. The van der Waals surface area contributed by atoms with Crippen LogP contribution in [0.2, 0.25) is 0 Å². The third-order valence-electron chi connectivity index (χ3n) is 4.36. The molecule has 0 saturated heterocycles. The molecule has 0 radical (unpaired) electrons. The summed E-state index contributed by atoms with van der Waals surface area (Å²) in [6, 6.07) is 14.1. The molecule has 0 fully saturated rings. The van der Waals surface area contributed by atoms with Crippen molar-refractivity contribution in [2.75, 3.05) is 13.7 Å². The zero-order valence-electron chi connectivity index (χ0n) is 14.1. The van der Waals surface area contributed by atoms with Gasteiger partial charge in [0.25, 0.3) is 0 Å². The number of oxazole rings is 1. The van der Waals surface area contributed by atoms with Gasteiger partial charge in [0.15, 0.2) is 5.58 Å². The molecule has 0 amide bonds. The molecule has 2 N–H and O–H groups in total. The van der Waals surface area contributed by atoms with Crippen molar-refractivity contribution in [3.05, 3.63) is 64.1 Å². The Morgan fingerprint density at radius 2 is 1.83 bits per heavy atom. The van der Waals surface area contributed by atoms with Gasteiger partial charge < -0.3 is 14.5 Å². The van der Waals surface area contributed by atoms with Crippen LogP contribution in [0.25, 0.3) is 11.1 Å². The predicted octanol–water partition coefficient (Wildman–Crippen LogP) is 3.58. The highest BCUT2D eigenvalue weighted by atomic mass is 16.5. The van der Waals surface area contributed by atoms with E-state index < -0.39 is 5.76 Å². The molecule has 2 atom stereocenters. The molecular weight excluding hydrogens is 304 g/mol. The van der Waals surface area contributed by atoms with E-state index in [4.69, 9.17) is 9.15 Å². The molecule has 0 aliphatic heterocycles. The number of aromatic amines is 1. The van der Waals surface area contributed by atoms with Gasteiger partial charge in [-0.1, -0.05) is 25.1 Å². The molecule has 1 heterocycles. The van der Waals surface area contributed by atoms with Crippen molar-refractivity contribution < 1.29 is 9.15 Å². The summed E-state index contributed by atoms with van der Waals surface area (Å²) < 4.78 is 10.3. The van der Waals surface area contributed by atoms with E-state index in [1.165, 1.54) is 5.56 Å². The highest BCUT2D eigenvalue weighted by Crippen LogP contribution is 2.21. The molecule has 3 aromatic rings. The number of nitrogens with one attached hydrogen (secondary N) is 2. The summed E-state index contributed by atoms with van der Waals surface area (Å²) in [6.45, 7) is 5.14. The Morgan fingerprint density at radius 3 is 2.54 bits per heavy atom. The third-order valence-corrected chi connectivity index (χ3v) is 4.36. The first-order valence-corrected chi connectivity index (χ1v) is 8.07. The van der Waals surface area contributed by atoms with Gasteiger partial charge in [-0.3, -0.25) is 4.98 Å². The quantitative estimate of drug-likeness (QED) is 0.726. The minimum Gasteiger partial charge on any atom is -0.497 e. The molecule has 126 valence electrons. The molecule has 0 bridgehead atoms. The van der Waals surface area contributed by atoms with Crippen LogP contribution in [0.5, 0.6) is 5.75 Å². The third kappa shape index (κ3) is 3.51. The standard InChI is InChI=1S/C19H22N2O3/c1-12(14-4-7-16(23-3)8-5-14)11-20-13(2)15-6-9-17-18(10-15)24-19(22)21-17/h4-10,12-13,20H,11H2,1-3H3,(H,21,22). The predicted molar refractivity (Wildman–Crippen MR) is 94.7 cm³/mol. The number of fused-ring (bicyclic) bond motifs is 1. The SMILES string of the molecule is COc1ccc(C(C)CNC(C)c2ccc3[nH]c(=O)oc3c2)cc1. The first-order chi connectivity index (χ1) is 11.6. The molecule has 0 aliphatic rings. The van der Waals surface area contributed by atoms with E-state index in [1.807, 2.05) is 30.3 Å². The minimum atomic E-state index is -0.420. The van der Waals surface area contributed by atoms with E-state index in [0.29, 0.717) is 11.5 Å². The summed E-state index contributed by atoms with van der Waals surface area (Å²) in [5.41, 5.74) is 3.67. The van der Waals surface area contributed by atoms with Crippen molar-refractivity contribution in [2.24, 2.45) is 0 Å². The topological polar surface area (TPSA) is 67.3 Å². The van der Waals surface area contributed by atoms with E-state index in [1.54, 1.807) is 7.11 Å². The van der Waals surface area contributed by atoms with Crippen molar-refractivity contribution in [2.45, 2.75) is 25.8 Å². The van der Waals surface area contributed by atoms with Crippen LogP contribution in [0.4, 0.5) is 0 Å². The lowest BCUT2D eigenvalue weighted by Crippen LogP contribution is -2.23. The number of H-pyrrole nitrogens is 1. The fourth-order valence-electron chi connectivity index (χ4n) is 2.75. The van der Waals surface area contributed by atoms with Gasteiger partial charge >= 0.3 is 5.76 Å². The fourth-order valence-corrected chi connectivity index (χ4v) is 2.75. The summed E-state index contributed by atoms with van der Waals surface area (Å²) >= 11 is 0. The maximum Gasteiger partial charge on any atom is 0.417 e. The van der Waals surface area contributed by atoms with Crippen LogP contribution in [0.3, 0.4) is 0 Å². The summed E-state index contributed by atoms with van der Waals surface area (Å²) in [5.74, 6) is 0.830. The molecule has 2 unspecified atom stereocenters. The Morgan fingerprint density at radius 1 is 1.12 bits per heavy atom. The van der Waals surface area contributed by atoms with Gasteiger partial charge in [0, 0.05) is 12.6 Å². The number of ether oxygens (including phenoxy) is 1. The van der Waals surface area contributed by atoms with Crippen LogP contribution in [0.15, 0.2) is 51.7 Å². The van der Waals surface area contributed by atoms with Crippen LogP contribution < -0.4 is 15.8 Å². The molecule has 24 heavy (non-hydrogen) atoms. The number of rotatable bonds is 6. The second kappa shape index (κ2) is 6.93. The van der Waals surface area contributed by atoms with Crippen LogP contribution in [0.1, 0.15) is 36.9 Å². The average Bonchev–Trinajstić information content (AvgIpc) is 2.98. The maximum atomic E-state index is 11.2. The van der Waals surface area contributed by atoms with Crippen molar-refractivity contribution in [3.8, 4) is 5.75 Å². The Hall–Kier alpha value is -2.53. The lowest BCUT2D eigenvalue weighted by Gasteiger charge is -2.18. The van der Waals surface area contributed by atoms with Gasteiger partial charge in [-0.2, -0.15) is 0 Å². The Bertz CT molecular complexity index is 864. The molecule has 5 heteroatoms. The summed E-state index contributed by atoms with van der Waals surface area (Å²) in [5, 5.41) is 3.54. The van der Waals surface area contributed by atoms with Crippen LogP contribution in [-0.2, 0) is 0 Å². The van der Waals surface area contributed by atoms with E-state index in [9.17, 15) is 4.79 Å². The number of benzene rings is 2. The van der Waals surface area contributed by atoms with E-state index >= 15 is 0 Å². The van der Waals surface area contributed by atoms with Crippen molar-refractivity contribution in [1.82, 2.24) is 10.3 Å². The molecule has 0 aliphatic carbocycles. The number of methoxy groups -OCH3 is 1. The van der Waals surface area contributed by atoms with Crippen LogP contribution in [-0.4, -0.2) is 18.6 Å².